The van der Waals surface area contributed by atoms with E-state index in [1.165, 1.54) is 11.3 Å². The van der Waals surface area contributed by atoms with Crippen LogP contribution in [0.5, 0.6) is 5.75 Å². The molecule has 2 N–H and O–H groups in total. The Kier molecular flexibility index (Phi) is 3.98. The van der Waals surface area contributed by atoms with Gasteiger partial charge in [-0.1, -0.05) is 15.9 Å². The topological polar surface area (TPSA) is 65.2 Å². The number of rotatable bonds is 4. The van der Waals surface area contributed by atoms with E-state index < -0.39 is 0 Å². The number of thiazole rings is 1. The molecule has 0 radical (unpaired) electrons. The van der Waals surface area contributed by atoms with Gasteiger partial charge in [0, 0.05) is 15.4 Å². The van der Waals surface area contributed by atoms with Crippen LogP contribution < -0.4 is 10.5 Å². The molecule has 0 saturated carbocycles. The van der Waals surface area contributed by atoms with Gasteiger partial charge in [-0.25, -0.2) is 4.98 Å². The fourth-order valence-electron chi connectivity index (χ4n) is 1.55. The third-order valence-corrected chi connectivity index (χ3v) is 3.66. The van der Waals surface area contributed by atoms with Crippen molar-refractivity contribution in [1.82, 2.24) is 4.98 Å². The molecule has 4 nitrogen and oxygen atoms in total. The van der Waals surface area contributed by atoms with Crippen LogP contribution in [0.15, 0.2) is 28.1 Å². The summed E-state index contributed by atoms with van der Waals surface area (Å²) in [5.74, 6) is 0.367. The van der Waals surface area contributed by atoms with Crippen molar-refractivity contribution in [3.8, 4) is 17.0 Å². The summed E-state index contributed by atoms with van der Waals surface area (Å²) in [4.78, 5) is 15.2. The zero-order chi connectivity index (χ0) is 13.1. The Bertz CT molecular complexity index is 583. The molecule has 2 rings (SSSR count). The van der Waals surface area contributed by atoms with Crippen molar-refractivity contribution in [2.75, 3.05) is 7.11 Å². The highest BCUT2D eigenvalue weighted by Gasteiger charge is 2.11. The van der Waals surface area contributed by atoms with E-state index in [1.54, 1.807) is 7.11 Å². The number of carbonyl (C=O) groups is 1. The highest BCUT2D eigenvalue weighted by atomic mass is 79.9. The molecule has 0 aliphatic heterocycles. The predicted octanol–water partition coefficient (Wildman–Crippen LogP) is 2.61. The van der Waals surface area contributed by atoms with E-state index in [9.17, 15) is 4.79 Å². The van der Waals surface area contributed by atoms with Crippen LogP contribution >= 0.6 is 27.3 Å². The van der Waals surface area contributed by atoms with Gasteiger partial charge in [0.2, 0.25) is 5.91 Å². The number of hydrogen-bond acceptors (Lipinski definition) is 4. The summed E-state index contributed by atoms with van der Waals surface area (Å²) in [5.41, 5.74) is 6.82. The number of benzene rings is 1. The fraction of sp³-hybridized carbons (Fsp3) is 0.167. The number of hydrogen-bond donors (Lipinski definition) is 1. The number of nitrogens with two attached hydrogens (primary N) is 1. The van der Waals surface area contributed by atoms with Crippen LogP contribution in [0.2, 0.25) is 0 Å². The first kappa shape index (κ1) is 13.0. The summed E-state index contributed by atoms with van der Waals surface area (Å²) in [6.45, 7) is 0. The van der Waals surface area contributed by atoms with Gasteiger partial charge in [-0.15, -0.1) is 11.3 Å². The third kappa shape index (κ3) is 2.88. The molecule has 94 valence electrons. The minimum absolute atomic E-state index is 0.168. The van der Waals surface area contributed by atoms with Crippen LogP contribution in [-0.4, -0.2) is 18.0 Å². The first-order valence-corrected chi connectivity index (χ1v) is 6.84. The SMILES string of the molecule is COc1ccc(Br)cc1-c1csc(CC(N)=O)n1. The van der Waals surface area contributed by atoms with Crippen LogP contribution in [0.4, 0.5) is 0 Å². The minimum atomic E-state index is -0.378. The van der Waals surface area contributed by atoms with E-state index in [1.807, 2.05) is 23.6 Å². The Balaban J connectivity index is 2.38. The molecular weight excluding hydrogens is 316 g/mol. The predicted molar refractivity (Wildman–Crippen MR) is 74.7 cm³/mol. The van der Waals surface area contributed by atoms with Gasteiger partial charge in [-0.05, 0) is 18.2 Å². The Morgan fingerprint density at radius 1 is 1.56 bits per heavy atom. The minimum Gasteiger partial charge on any atom is -0.496 e. The Morgan fingerprint density at radius 3 is 3.00 bits per heavy atom. The molecule has 6 heteroatoms. The number of carbonyl (C=O) groups excluding carboxylic acids is 1. The zero-order valence-electron chi connectivity index (χ0n) is 9.64. The lowest BCUT2D eigenvalue weighted by Crippen LogP contribution is -2.13. The van der Waals surface area contributed by atoms with Gasteiger partial charge in [0.15, 0.2) is 0 Å². The standard InChI is InChI=1S/C12H11BrN2O2S/c1-17-10-3-2-7(13)4-8(10)9-6-18-12(15-9)5-11(14)16/h2-4,6H,5H2,1H3,(H2,14,16). The van der Waals surface area contributed by atoms with Gasteiger partial charge in [-0.3, -0.25) is 4.79 Å². The molecule has 18 heavy (non-hydrogen) atoms. The van der Waals surface area contributed by atoms with Gasteiger partial charge in [0.05, 0.1) is 19.2 Å². The molecule has 0 aliphatic carbocycles. The van der Waals surface area contributed by atoms with E-state index in [0.717, 1.165) is 21.5 Å². The number of aromatic nitrogens is 1. The van der Waals surface area contributed by atoms with Gasteiger partial charge in [-0.2, -0.15) is 0 Å². The van der Waals surface area contributed by atoms with Crippen molar-refractivity contribution in [1.29, 1.82) is 0 Å². The molecule has 0 saturated heterocycles. The fourth-order valence-corrected chi connectivity index (χ4v) is 2.71. The number of ether oxygens (including phenoxy) is 1. The molecular formula is C12H11BrN2O2S. The van der Waals surface area contributed by atoms with Crippen molar-refractivity contribution in [2.24, 2.45) is 5.73 Å². The van der Waals surface area contributed by atoms with Gasteiger partial charge in [0.1, 0.15) is 10.8 Å². The van der Waals surface area contributed by atoms with Gasteiger partial charge in [0.25, 0.3) is 0 Å². The Morgan fingerprint density at radius 2 is 2.33 bits per heavy atom. The summed E-state index contributed by atoms with van der Waals surface area (Å²) < 4.78 is 6.24. The van der Waals surface area contributed by atoms with E-state index in [4.69, 9.17) is 10.5 Å². The molecule has 0 bridgehead atoms. The number of methoxy groups -OCH3 is 1. The summed E-state index contributed by atoms with van der Waals surface area (Å²) in [7, 11) is 1.61. The summed E-state index contributed by atoms with van der Waals surface area (Å²) in [6.07, 6.45) is 0.168. The number of nitrogens with zero attached hydrogens (tertiary/aromatic N) is 1. The molecule has 0 spiro atoms. The molecule has 1 aromatic heterocycles. The first-order valence-electron chi connectivity index (χ1n) is 5.17. The van der Waals surface area contributed by atoms with Crippen molar-refractivity contribution in [3.63, 3.8) is 0 Å². The van der Waals surface area contributed by atoms with Crippen LogP contribution in [0.1, 0.15) is 5.01 Å². The quantitative estimate of drug-likeness (QED) is 0.939. The maximum atomic E-state index is 10.8. The maximum absolute atomic E-state index is 10.8. The van der Waals surface area contributed by atoms with Crippen LogP contribution in [0.25, 0.3) is 11.3 Å². The Labute approximate surface area is 117 Å². The van der Waals surface area contributed by atoms with E-state index >= 15 is 0 Å². The molecule has 2 aromatic rings. The number of primary amides is 1. The third-order valence-electron chi connectivity index (χ3n) is 2.31. The largest absolute Gasteiger partial charge is 0.496 e. The molecule has 1 aromatic carbocycles. The number of amides is 1. The van der Waals surface area contributed by atoms with Crippen molar-refractivity contribution in [2.45, 2.75) is 6.42 Å². The smallest absolute Gasteiger partial charge is 0.224 e. The van der Waals surface area contributed by atoms with E-state index in [-0.39, 0.29) is 12.3 Å². The second-order valence-corrected chi connectivity index (χ2v) is 5.47. The summed E-state index contributed by atoms with van der Waals surface area (Å²) >= 11 is 4.83. The van der Waals surface area contributed by atoms with Crippen molar-refractivity contribution < 1.29 is 9.53 Å². The Hall–Kier alpha value is -1.40. The monoisotopic (exact) mass is 326 g/mol. The highest BCUT2D eigenvalue weighted by Crippen LogP contribution is 2.33. The van der Waals surface area contributed by atoms with E-state index in [2.05, 4.69) is 20.9 Å². The van der Waals surface area contributed by atoms with Crippen molar-refractivity contribution in [3.05, 3.63) is 33.1 Å². The van der Waals surface area contributed by atoms with Gasteiger partial charge < -0.3 is 10.5 Å². The van der Waals surface area contributed by atoms with Crippen LogP contribution in [0.3, 0.4) is 0 Å². The van der Waals surface area contributed by atoms with Crippen LogP contribution in [-0.2, 0) is 11.2 Å². The number of halogens is 1. The lowest BCUT2D eigenvalue weighted by molar-refractivity contribution is -0.117. The summed E-state index contributed by atoms with van der Waals surface area (Å²) in [6, 6.07) is 5.70. The van der Waals surface area contributed by atoms with Gasteiger partial charge >= 0.3 is 0 Å². The molecule has 1 amide bonds. The molecule has 0 unspecified atom stereocenters. The molecule has 1 heterocycles. The van der Waals surface area contributed by atoms with Crippen LogP contribution in [0, 0.1) is 0 Å². The zero-order valence-corrected chi connectivity index (χ0v) is 12.0. The highest BCUT2D eigenvalue weighted by molar-refractivity contribution is 9.10. The lowest BCUT2D eigenvalue weighted by Gasteiger charge is -2.06. The van der Waals surface area contributed by atoms with E-state index in [0.29, 0.717) is 5.01 Å². The second kappa shape index (κ2) is 5.49. The second-order valence-electron chi connectivity index (χ2n) is 3.61. The molecule has 0 atom stereocenters. The summed E-state index contributed by atoms with van der Waals surface area (Å²) in [5, 5.41) is 2.60. The normalized spacial score (nSPS) is 10.3. The first-order chi connectivity index (χ1) is 8.60. The lowest BCUT2D eigenvalue weighted by atomic mass is 10.1. The van der Waals surface area contributed by atoms with Crippen molar-refractivity contribution >= 4 is 33.2 Å². The maximum Gasteiger partial charge on any atom is 0.224 e. The molecule has 0 aliphatic rings. The average Bonchev–Trinajstić information content (AvgIpc) is 2.76. The molecule has 0 fully saturated rings. The average molecular weight is 327 g/mol.